The van der Waals surface area contributed by atoms with Crippen LogP contribution in [0.15, 0.2) is 102 Å². The second kappa shape index (κ2) is 8.35. The van der Waals surface area contributed by atoms with Crippen LogP contribution in [0.4, 0.5) is 17.1 Å². The van der Waals surface area contributed by atoms with Gasteiger partial charge in [-0.15, -0.1) is 0 Å². The van der Waals surface area contributed by atoms with Crippen LogP contribution in [0, 0.1) is 28.6 Å². The zero-order valence-electron chi connectivity index (χ0n) is 17.1. The molecule has 0 aliphatic heterocycles. The Morgan fingerprint density at radius 3 is 1.75 bits per heavy atom. The lowest BCUT2D eigenvalue weighted by molar-refractivity contribution is 0.725. The zero-order valence-corrected chi connectivity index (χ0v) is 18.7. The van der Waals surface area contributed by atoms with Gasteiger partial charge < -0.3 is 4.90 Å². The maximum atomic E-state index is 9.75. The number of hydrogen-bond donors (Lipinski definition) is 0. The number of hydrogen-bond acceptors (Lipinski definition) is 3. The normalized spacial score (nSPS) is 13.7. The van der Waals surface area contributed by atoms with Gasteiger partial charge in [0.15, 0.2) is 0 Å². The fourth-order valence-electron chi connectivity index (χ4n) is 4.53. The van der Waals surface area contributed by atoms with E-state index in [2.05, 4.69) is 81.5 Å². The Morgan fingerprint density at radius 2 is 1.19 bits per heavy atom. The highest BCUT2D eigenvalue weighted by atomic mass is 79.9. The Balaban J connectivity index is 1.71. The molecular weight excluding hydrogens is 458 g/mol. The van der Waals surface area contributed by atoms with Gasteiger partial charge in [0, 0.05) is 27.5 Å². The summed E-state index contributed by atoms with van der Waals surface area (Å²) in [5, 5.41) is 19.5. The van der Waals surface area contributed by atoms with Gasteiger partial charge in [0.2, 0.25) is 0 Å². The average Bonchev–Trinajstić information content (AvgIpc) is 3.14. The Morgan fingerprint density at radius 1 is 0.656 bits per heavy atom. The van der Waals surface area contributed by atoms with Crippen molar-refractivity contribution in [3.63, 3.8) is 0 Å². The van der Waals surface area contributed by atoms with E-state index in [9.17, 15) is 10.5 Å². The summed E-state index contributed by atoms with van der Waals surface area (Å²) in [6.07, 6.45) is 0. The van der Waals surface area contributed by atoms with Crippen molar-refractivity contribution in [1.82, 2.24) is 0 Å². The third-order valence-corrected chi connectivity index (χ3v) is 6.40. The maximum Gasteiger partial charge on any atom is 0.144 e. The van der Waals surface area contributed by atoms with Crippen LogP contribution >= 0.6 is 15.9 Å². The molecule has 0 N–H and O–H groups in total. The van der Waals surface area contributed by atoms with Gasteiger partial charge in [0.1, 0.15) is 5.92 Å². The number of nitriles is 2. The number of anilines is 3. The molecule has 0 radical (unpaired) electrons. The minimum atomic E-state index is -0.763. The first-order valence-corrected chi connectivity index (χ1v) is 11.1. The largest absolute Gasteiger partial charge is 0.310 e. The minimum absolute atomic E-state index is 0.291. The molecule has 1 aliphatic rings. The summed E-state index contributed by atoms with van der Waals surface area (Å²) in [7, 11) is 0. The van der Waals surface area contributed by atoms with Crippen LogP contribution < -0.4 is 4.90 Å². The van der Waals surface area contributed by atoms with E-state index in [-0.39, 0.29) is 5.92 Å². The van der Waals surface area contributed by atoms with Crippen LogP contribution in [0.5, 0.6) is 0 Å². The monoisotopic (exact) mass is 475 g/mol. The van der Waals surface area contributed by atoms with Crippen molar-refractivity contribution in [2.24, 2.45) is 5.92 Å². The number of halogens is 1. The van der Waals surface area contributed by atoms with Crippen molar-refractivity contribution in [2.75, 3.05) is 4.90 Å². The fraction of sp³-hybridized carbons (Fsp3) is 0.0714. The van der Waals surface area contributed by atoms with Crippen LogP contribution in [0.2, 0.25) is 0 Å². The standard InChI is InChI=1S/C28H18BrN3/c29-20-11-13-24-25-14-12-23(16-27(25)28(26(24)15-20)19(17-30)18-31)32(21-7-3-1-4-8-21)22-9-5-2-6-10-22/h1-16,19,28H. The number of fused-ring (bicyclic) bond motifs is 3. The molecule has 0 saturated heterocycles. The highest BCUT2D eigenvalue weighted by Gasteiger charge is 2.35. The third-order valence-electron chi connectivity index (χ3n) is 5.91. The molecule has 4 aromatic carbocycles. The van der Waals surface area contributed by atoms with E-state index in [0.717, 1.165) is 43.8 Å². The van der Waals surface area contributed by atoms with Crippen molar-refractivity contribution < 1.29 is 0 Å². The van der Waals surface area contributed by atoms with Crippen molar-refractivity contribution in [1.29, 1.82) is 10.5 Å². The highest BCUT2D eigenvalue weighted by Crippen LogP contribution is 2.50. The topological polar surface area (TPSA) is 50.8 Å². The number of benzene rings is 4. The molecule has 1 atom stereocenters. The number of nitrogens with zero attached hydrogens (tertiary/aromatic N) is 3. The van der Waals surface area contributed by atoms with Crippen molar-refractivity contribution in [3.8, 4) is 23.3 Å². The van der Waals surface area contributed by atoms with Gasteiger partial charge in [-0.2, -0.15) is 10.5 Å². The molecule has 3 nitrogen and oxygen atoms in total. The molecule has 1 unspecified atom stereocenters. The Labute approximate surface area is 195 Å². The van der Waals surface area contributed by atoms with Gasteiger partial charge >= 0.3 is 0 Å². The summed E-state index contributed by atoms with van der Waals surface area (Å²) in [4.78, 5) is 2.20. The predicted octanol–water partition coefficient (Wildman–Crippen LogP) is 7.69. The summed E-state index contributed by atoms with van der Waals surface area (Å²) < 4.78 is 0.944. The van der Waals surface area contributed by atoms with E-state index in [0.29, 0.717) is 0 Å². The smallest absolute Gasteiger partial charge is 0.144 e. The molecule has 0 aromatic heterocycles. The lowest BCUT2D eigenvalue weighted by Gasteiger charge is -2.26. The van der Waals surface area contributed by atoms with Crippen LogP contribution in [0.3, 0.4) is 0 Å². The van der Waals surface area contributed by atoms with Crippen molar-refractivity contribution in [3.05, 3.63) is 113 Å². The lowest BCUT2D eigenvalue weighted by atomic mass is 9.85. The predicted molar refractivity (Wildman–Crippen MR) is 131 cm³/mol. The van der Waals surface area contributed by atoms with Gasteiger partial charge in [-0.1, -0.05) is 64.5 Å². The van der Waals surface area contributed by atoms with E-state index in [1.165, 1.54) is 0 Å². The van der Waals surface area contributed by atoms with Crippen LogP contribution in [-0.2, 0) is 0 Å². The molecule has 4 heteroatoms. The molecule has 0 spiro atoms. The van der Waals surface area contributed by atoms with Crippen LogP contribution in [0.1, 0.15) is 17.0 Å². The maximum absolute atomic E-state index is 9.75. The molecule has 1 aliphatic carbocycles. The van der Waals surface area contributed by atoms with Crippen molar-refractivity contribution >= 4 is 33.0 Å². The Bertz CT molecular complexity index is 1310. The average molecular weight is 476 g/mol. The summed E-state index contributed by atoms with van der Waals surface area (Å²) in [5.74, 6) is -1.05. The molecule has 0 amide bonds. The third kappa shape index (κ3) is 3.36. The number of rotatable bonds is 4. The fourth-order valence-corrected chi connectivity index (χ4v) is 4.91. The van der Waals surface area contributed by atoms with E-state index < -0.39 is 5.92 Å². The zero-order chi connectivity index (χ0) is 22.1. The molecule has 0 saturated carbocycles. The molecule has 0 bridgehead atoms. The van der Waals surface area contributed by atoms with Crippen LogP contribution in [-0.4, -0.2) is 0 Å². The minimum Gasteiger partial charge on any atom is -0.310 e. The molecule has 152 valence electrons. The van der Waals surface area contributed by atoms with E-state index in [4.69, 9.17) is 0 Å². The summed E-state index contributed by atoms with van der Waals surface area (Å²) >= 11 is 3.55. The molecular formula is C28H18BrN3. The van der Waals surface area contributed by atoms with Gasteiger partial charge in [-0.05, 0) is 70.8 Å². The second-order valence-electron chi connectivity index (χ2n) is 7.72. The Hall–Kier alpha value is -3.86. The number of para-hydroxylation sites is 2. The molecule has 32 heavy (non-hydrogen) atoms. The summed E-state index contributed by atoms with van der Waals surface area (Å²) in [6, 6.07) is 37.3. The van der Waals surface area contributed by atoms with E-state index >= 15 is 0 Å². The molecule has 0 heterocycles. The molecule has 0 fully saturated rings. The SMILES string of the molecule is N#CC(C#N)C1c2cc(Br)ccc2-c2ccc(N(c3ccccc3)c3ccccc3)cc21. The quantitative estimate of drug-likeness (QED) is 0.303. The highest BCUT2D eigenvalue weighted by molar-refractivity contribution is 9.10. The van der Waals surface area contributed by atoms with Gasteiger partial charge in [-0.3, -0.25) is 0 Å². The first kappa shape index (κ1) is 20.1. The van der Waals surface area contributed by atoms with Crippen molar-refractivity contribution in [2.45, 2.75) is 5.92 Å². The van der Waals surface area contributed by atoms with Gasteiger partial charge in [-0.25, -0.2) is 0 Å². The molecule has 5 rings (SSSR count). The first-order chi connectivity index (χ1) is 15.7. The summed E-state index contributed by atoms with van der Waals surface area (Å²) in [5.41, 5.74) is 7.29. The summed E-state index contributed by atoms with van der Waals surface area (Å²) in [6.45, 7) is 0. The molecule has 4 aromatic rings. The van der Waals surface area contributed by atoms with Gasteiger partial charge in [0.05, 0.1) is 12.1 Å². The van der Waals surface area contributed by atoms with E-state index in [1.807, 2.05) is 48.5 Å². The van der Waals surface area contributed by atoms with E-state index in [1.54, 1.807) is 0 Å². The first-order valence-electron chi connectivity index (χ1n) is 10.3. The lowest BCUT2D eigenvalue weighted by Crippen LogP contribution is -2.12. The second-order valence-corrected chi connectivity index (χ2v) is 8.64. The van der Waals surface area contributed by atoms with Gasteiger partial charge in [0.25, 0.3) is 0 Å². The Kier molecular flexibility index (Phi) is 5.23. The van der Waals surface area contributed by atoms with Crippen LogP contribution in [0.25, 0.3) is 11.1 Å².